The number of ether oxygens (including phenoxy) is 1. The maximum Gasteiger partial charge on any atom is 0.341 e. The molecular weight excluding hydrogens is 394 g/mol. The summed E-state index contributed by atoms with van der Waals surface area (Å²) < 4.78 is 5.16. The zero-order valence-electron chi connectivity index (χ0n) is 14.9. The second-order valence-corrected chi connectivity index (χ2v) is 7.65. The van der Waals surface area contributed by atoms with E-state index in [1.165, 1.54) is 23.1 Å². The summed E-state index contributed by atoms with van der Waals surface area (Å²) in [5.41, 5.74) is 1.01. The second-order valence-electron chi connectivity index (χ2n) is 5.70. The third kappa shape index (κ3) is 4.82. The van der Waals surface area contributed by atoms with Crippen LogP contribution < -0.4 is 0 Å². The lowest BCUT2D eigenvalue weighted by molar-refractivity contribution is -0.122. The van der Waals surface area contributed by atoms with E-state index < -0.39 is 24.3 Å². The molecule has 0 N–H and O–H groups in total. The van der Waals surface area contributed by atoms with Crippen molar-refractivity contribution in [2.24, 2.45) is 0 Å². The van der Waals surface area contributed by atoms with Crippen LogP contribution >= 0.6 is 23.1 Å². The Bertz CT molecular complexity index is 1030. The lowest BCUT2D eigenvalue weighted by Gasteiger charge is -2.09. The monoisotopic (exact) mass is 409 g/mol. The Morgan fingerprint density at radius 1 is 1.25 bits per heavy atom. The number of hydrogen-bond acceptors (Lipinski definition) is 8. The van der Waals surface area contributed by atoms with Gasteiger partial charge >= 0.3 is 5.97 Å². The number of nitrogens with zero attached hydrogens (tertiary/aromatic N) is 3. The van der Waals surface area contributed by atoms with Gasteiger partial charge in [-0.3, -0.25) is 4.79 Å². The highest BCUT2D eigenvalue weighted by atomic mass is 32.2. The van der Waals surface area contributed by atoms with Crippen molar-refractivity contribution in [1.82, 2.24) is 9.97 Å². The number of benzene rings is 1. The van der Waals surface area contributed by atoms with Gasteiger partial charge in [-0.25, -0.2) is 14.8 Å². The predicted octanol–water partition coefficient (Wildman–Crippen LogP) is 4.03. The van der Waals surface area contributed by atoms with E-state index in [2.05, 4.69) is 9.97 Å². The van der Waals surface area contributed by atoms with Gasteiger partial charge in [0.15, 0.2) is 18.3 Å². The molecular formula is C20H15N3O3S2. The minimum atomic E-state index is -1.04. The molecule has 2 aromatic heterocycles. The number of carbonyl (C=O) groups excluding carboxylic acids is 2. The summed E-state index contributed by atoms with van der Waals surface area (Å²) in [5, 5.41) is 11.9. The SMILES string of the molecule is Cc1csc(C(C#N)C(=O)COC(=O)c2cccnc2Sc2ccccc2)n1. The molecule has 0 aliphatic carbocycles. The number of ketones is 1. The van der Waals surface area contributed by atoms with Crippen LogP contribution in [0.1, 0.15) is 27.0 Å². The molecule has 3 rings (SSSR count). The maximum absolute atomic E-state index is 12.5. The van der Waals surface area contributed by atoms with Crippen LogP contribution in [-0.4, -0.2) is 28.3 Å². The first kappa shape index (κ1) is 19.7. The molecule has 1 unspecified atom stereocenters. The topological polar surface area (TPSA) is 92.9 Å². The van der Waals surface area contributed by atoms with E-state index in [1.54, 1.807) is 30.6 Å². The highest BCUT2D eigenvalue weighted by Crippen LogP contribution is 2.29. The van der Waals surface area contributed by atoms with Gasteiger partial charge in [-0.15, -0.1) is 11.3 Å². The zero-order chi connectivity index (χ0) is 19.9. The van der Waals surface area contributed by atoms with Gasteiger partial charge in [0, 0.05) is 22.2 Å². The summed E-state index contributed by atoms with van der Waals surface area (Å²) in [6, 6.07) is 14.7. The van der Waals surface area contributed by atoms with Crippen molar-refractivity contribution in [3.8, 4) is 6.07 Å². The maximum atomic E-state index is 12.5. The number of pyridine rings is 1. The lowest BCUT2D eigenvalue weighted by Crippen LogP contribution is -2.20. The minimum Gasteiger partial charge on any atom is -0.454 e. The van der Waals surface area contributed by atoms with Crippen LogP contribution in [0, 0.1) is 18.3 Å². The highest BCUT2D eigenvalue weighted by Gasteiger charge is 2.25. The van der Waals surface area contributed by atoms with Gasteiger partial charge in [0.05, 0.1) is 11.6 Å². The van der Waals surface area contributed by atoms with Crippen molar-refractivity contribution in [2.75, 3.05) is 6.61 Å². The summed E-state index contributed by atoms with van der Waals surface area (Å²) >= 11 is 2.57. The molecule has 1 aromatic carbocycles. The van der Waals surface area contributed by atoms with Crippen molar-refractivity contribution in [3.05, 3.63) is 70.3 Å². The molecule has 140 valence electrons. The molecule has 0 aliphatic rings. The summed E-state index contributed by atoms with van der Waals surface area (Å²) in [7, 11) is 0. The number of aryl methyl sites for hydroxylation is 1. The number of aromatic nitrogens is 2. The molecule has 0 radical (unpaired) electrons. The molecule has 2 heterocycles. The van der Waals surface area contributed by atoms with E-state index in [1.807, 2.05) is 36.4 Å². The fraction of sp³-hybridized carbons (Fsp3) is 0.150. The van der Waals surface area contributed by atoms with Gasteiger partial charge in [-0.1, -0.05) is 30.0 Å². The van der Waals surface area contributed by atoms with Crippen molar-refractivity contribution in [1.29, 1.82) is 5.26 Å². The molecule has 6 nitrogen and oxygen atoms in total. The smallest absolute Gasteiger partial charge is 0.341 e. The molecule has 0 amide bonds. The fourth-order valence-electron chi connectivity index (χ4n) is 2.30. The Balaban J connectivity index is 1.68. The molecule has 0 aliphatic heterocycles. The summed E-state index contributed by atoms with van der Waals surface area (Å²) in [6.45, 7) is 1.29. The number of rotatable bonds is 7. The normalized spacial score (nSPS) is 11.4. The van der Waals surface area contributed by atoms with Gasteiger partial charge in [0.2, 0.25) is 0 Å². The van der Waals surface area contributed by atoms with Gasteiger partial charge in [0.25, 0.3) is 0 Å². The summed E-state index contributed by atoms with van der Waals surface area (Å²) in [5.74, 6) is -2.21. The fourth-order valence-corrected chi connectivity index (χ4v) is 4.05. The summed E-state index contributed by atoms with van der Waals surface area (Å²) in [4.78, 5) is 34.2. The quantitative estimate of drug-likeness (QED) is 0.544. The van der Waals surface area contributed by atoms with Gasteiger partial charge in [-0.05, 0) is 31.2 Å². The molecule has 0 spiro atoms. The van der Waals surface area contributed by atoms with E-state index in [9.17, 15) is 14.9 Å². The largest absolute Gasteiger partial charge is 0.454 e. The molecule has 28 heavy (non-hydrogen) atoms. The van der Waals surface area contributed by atoms with Crippen LogP contribution in [0.25, 0.3) is 0 Å². The lowest BCUT2D eigenvalue weighted by atomic mass is 10.1. The first-order chi connectivity index (χ1) is 13.6. The third-order valence-corrected chi connectivity index (χ3v) is 5.68. The molecule has 0 bridgehead atoms. The molecule has 0 saturated heterocycles. The molecule has 0 fully saturated rings. The summed E-state index contributed by atoms with van der Waals surface area (Å²) in [6.07, 6.45) is 1.59. The van der Waals surface area contributed by atoms with Crippen molar-refractivity contribution in [2.45, 2.75) is 22.8 Å². The van der Waals surface area contributed by atoms with E-state index >= 15 is 0 Å². The molecule has 8 heteroatoms. The Morgan fingerprint density at radius 2 is 2.04 bits per heavy atom. The minimum absolute atomic E-state index is 0.266. The van der Waals surface area contributed by atoms with E-state index in [-0.39, 0.29) is 5.56 Å². The Hall–Kier alpha value is -3.02. The number of hydrogen-bond donors (Lipinski definition) is 0. The number of carbonyl (C=O) groups is 2. The number of nitriles is 1. The third-order valence-electron chi connectivity index (χ3n) is 3.63. The first-order valence-corrected chi connectivity index (χ1v) is 9.97. The van der Waals surface area contributed by atoms with Gasteiger partial charge in [0.1, 0.15) is 10.0 Å². The zero-order valence-corrected chi connectivity index (χ0v) is 16.5. The van der Waals surface area contributed by atoms with Crippen LogP contribution in [0.5, 0.6) is 0 Å². The molecule has 1 atom stereocenters. The van der Waals surface area contributed by atoms with E-state index in [4.69, 9.17) is 4.74 Å². The Morgan fingerprint density at radius 3 is 2.71 bits per heavy atom. The Kier molecular flexibility index (Phi) is 6.53. The first-order valence-electron chi connectivity index (χ1n) is 8.28. The van der Waals surface area contributed by atoms with Crippen molar-refractivity contribution < 1.29 is 14.3 Å². The Labute approximate surface area is 170 Å². The van der Waals surface area contributed by atoms with Crippen LogP contribution in [-0.2, 0) is 9.53 Å². The van der Waals surface area contributed by atoms with Crippen LogP contribution in [0.4, 0.5) is 0 Å². The standard InChI is InChI=1S/C20H15N3O3S2/c1-13-12-27-19(23-13)16(10-21)17(24)11-26-20(25)15-8-5-9-22-18(15)28-14-6-3-2-4-7-14/h2-9,12,16H,11H2,1H3. The van der Waals surface area contributed by atoms with Crippen molar-refractivity contribution >= 4 is 34.9 Å². The number of thiazole rings is 1. The van der Waals surface area contributed by atoms with Crippen molar-refractivity contribution in [3.63, 3.8) is 0 Å². The van der Waals surface area contributed by atoms with Crippen LogP contribution in [0.3, 0.4) is 0 Å². The van der Waals surface area contributed by atoms with Crippen LogP contribution in [0.2, 0.25) is 0 Å². The van der Waals surface area contributed by atoms with Crippen LogP contribution in [0.15, 0.2) is 64.0 Å². The van der Waals surface area contributed by atoms with Gasteiger partial charge < -0.3 is 4.74 Å². The van der Waals surface area contributed by atoms with Gasteiger partial charge in [-0.2, -0.15) is 5.26 Å². The number of Topliss-reactive ketones (excluding diaryl/α,β-unsaturated/α-hetero) is 1. The second kappa shape index (κ2) is 9.26. The molecule has 0 saturated carbocycles. The highest BCUT2D eigenvalue weighted by molar-refractivity contribution is 7.99. The average Bonchev–Trinajstić information content (AvgIpc) is 3.14. The number of esters is 1. The predicted molar refractivity (Wildman–Crippen MR) is 105 cm³/mol. The van der Waals surface area contributed by atoms with E-state index in [0.717, 1.165) is 10.6 Å². The van der Waals surface area contributed by atoms with E-state index in [0.29, 0.717) is 10.0 Å². The molecule has 3 aromatic rings. The average molecular weight is 409 g/mol.